The summed E-state index contributed by atoms with van der Waals surface area (Å²) in [5.41, 5.74) is 3.29. The van der Waals surface area contributed by atoms with Gasteiger partial charge in [-0.25, -0.2) is 4.39 Å². The van der Waals surface area contributed by atoms with Gasteiger partial charge < -0.3 is 20.7 Å². The minimum absolute atomic E-state index is 0.0720. The number of ether oxygens (including phenoxy) is 1. The molecule has 3 N–H and O–H groups in total. The molecule has 1 aliphatic heterocycles. The molecular weight excluding hydrogens is 471 g/mol. The average Bonchev–Trinajstić information content (AvgIpc) is 3.18. The molecule has 0 radical (unpaired) electrons. The number of hydrogen-bond donors (Lipinski definition) is 3. The number of rotatable bonds is 7. The second-order valence-corrected chi connectivity index (χ2v) is 9.82. The van der Waals surface area contributed by atoms with Gasteiger partial charge >= 0.3 is 0 Å². The molecule has 2 fully saturated rings. The highest BCUT2D eigenvalue weighted by molar-refractivity contribution is 5.96. The van der Waals surface area contributed by atoms with E-state index in [2.05, 4.69) is 20.9 Å². The number of hydrogen-bond acceptors (Lipinski definition) is 5. The van der Waals surface area contributed by atoms with Crippen molar-refractivity contribution < 1.29 is 18.7 Å². The van der Waals surface area contributed by atoms with Crippen molar-refractivity contribution in [3.63, 3.8) is 0 Å². The molecule has 1 aliphatic carbocycles. The summed E-state index contributed by atoms with van der Waals surface area (Å²) in [5.74, 6) is 0.551. The third-order valence-electron chi connectivity index (χ3n) is 7.58. The molecule has 4 unspecified atom stereocenters. The number of nitrogens with one attached hydrogen (secondary N) is 3. The Labute approximate surface area is 215 Å². The summed E-state index contributed by atoms with van der Waals surface area (Å²) in [6.07, 6.45) is 3.25. The molecule has 7 nitrogen and oxygen atoms in total. The van der Waals surface area contributed by atoms with E-state index in [-0.39, 0.29) is 42.2 Å². The van der Waals surface area contributed by atoms with Crippen LogP contribution in [0.3, 0.4) is 0 Å². The number of halogens is 1. The van der Waals surface area contributed by atoms with Gasteiger partial charge in [-0.2, -0.15) is 0 Å². The summed E-state index contributed by atoms with van der Waals surface area (Å²) >= 11 is 0. The van der Waals surface area contributed by atoms with Gasteiger partial charge in [0, 0.05) is 53.1 Å². The monoisotopic (exact) mass is 502 g/mol. The predicted octanol–water partition coefficient (Wildman–Crippen LogP) is 3.73. The Kier molecular flexibility index (Phi) is 7.19. The second kappa shape index (κ2) is 10.7. The van der Waals surface area contributed by atoms with Crippen LogP contribution in [0.1, 0.15) is 56.3 Å². The van der Waals surface area contributed by atoms with E-state index < -0.39 is 0 Å². The van der Waals surface area contributed by atoms with Crippen LogP contribution in [-0.4, -0.2) is 42.5 Å². The van der Waals surface area contributed by atoms with Gasteiger partial charge in [-0.15, -0.1) is 0 Å². The lowest BCUT2D eigenvalue weighted by Crippen LogP contribution is -2.44. The number of aromatic nitrogens is 1. The summed E-state index contributed by atoms with van der Waals surface area (Å²) < 4.78 is 19.2. The van der Waals surface area contributed by atoms with Crippen LogP contribution in [0, 0.1) is 18.7 Å². The van der Waals surface area contributed by atoms with E-state index in [9.17, 15) is 14.0 Å². The number of benzene rings is 2. The maximum atomic E-state index is 13.8. The summed E-state index contributed by atoms with van der Waals surface area (Å²) in [4.78, 5) is 30.2. The van der Waals surface area contributed by atoms with Crippen LogP contribution in [0.2, 0.25) is 0 Å². The van der Waals surface area contributed by atoms with Crippen LogP contribution in [-0.2, 0) is 6.54 Å². The molecule has 4 atom stereocenters. The van der Waals surface area contributed by atoms with Crippen LogP contribution in [0.25, 0.3) is 0 Å². The van der Waals surface area contributed by atoms with E-state index >= 15 is 0 Å². The molecule has 2 amide bonds. The Morgan fingerprint density at radius 1 is 1.08 bits per heavy atom. The summed E-state index contributed by atoms with van der Waals surface area (Å²) in [7, 11) is 1.60. The molecule has 37 heavy (non-hydrogen) atoms. The number of fused-ring (bicyclic) bond motifs is 2. The molecule has 2 heterocycles. The minimum atomic E-state index is -0.343. The maximum Gasteiger partial charge on any atom is 0.253 e. The van der Waals surface area contributed by atoms with E-state index in [0.29, 0.717) is 28.4 Å². The first-order valence-electron chi connectivity index (χ1n) is 12.6. The number of nitrogens with zero attached hydrogens (tertiary/aromatic N) is 1. The lowest BCUT2D eigenvalue weighted by molar-refractivity contribution is 0.0916. The van der Waals surface area contributed by atoms with Gasteiger partial charge in [0.1, 0.15) is 11.6 Å². The third-order valence-corrected chi connectivity index (χ3v) is 7.58. The van der Waals surface area contributed by atoms with E-state index in [1.54, 1.807) is 37.6 Å². The largest absolute Gasteiger partial charge is 0.496 e. The lowest BCUT2D eigenvalue weighted by atomic mass is 9.75. The van der Waals surface area contributed by atoms with Crippen molar-refractivity contribution in [2.75, 3.05) is 13.7 Å². The summed E-state index contributed by atoms with van der Waals surface area (Å²) in [5, 5.41) is 9.57. The van der Waals surface area contributed by atoms with E-state index in [0.717, 1.165) is 30.6 Å². The van der Waals surface area contributed by atoms with Gasteiger partial charge in [-0.3, -0.25) is 14.6 Å². The fraction of sp³-hybridized carbons (Fsp3) is 0.345. The smallest absolute Gasteiger partial charge is 0.253 e. The zero-order valence-electron chi connectivity index (χ0n) is 21.0. The summed E-state index contributed by atoms with van der Waals surface area (Å²) in [6, 6.07) is 15.8. The fourth-order valence-electron chi connectivity index (χ4n) is 5.68. The van der Waals surface area contributed by atoms with Gasteiger partial charge in [0.15, 0.2) is 0 Å². The van der Waals surface area contributed by atoms with Crippen LogP contribution in [0.5, 0.6) is 5.75 Å². The highest BCUT2D eigenvalue weighted by Crippen LogP contribution is 2.41. The first-order chi connectivity index (χ1) is 17.9. The Balaban J connectivity index is 1.20. The van der Waals surface area contributed by atoms with Gasteiger partial charge in [-0.1, -0.05) is 24.3 Å². The Bertz CT molecular complexity index is 1280. The number of methoxy groups -OCH3 is 1. The molecule has 2 aliphatic rings. The first kappa shape index (κ1) is 24.9. The van der Waals surface area contributed by atoms with E-state index in [1.165, 1.54) is 6.07 Å². The van der Waals surface area contributed by atoms with Gasteiger partial charge in [0.05, 0.1) is 12.7 Å². The van der Waals surface area contributed by atoms with Crippen molar-refractivity contribution in [2.45, 2.75) is 44.3 Å². The summed E-state index contributed by atoms with van der Waals surface area (Å²) in [6.45, 7) is 2.88. The second-order valence-electron chi connectivity index (χ2n) is 9.82. The van der Waals surface area contributed by atoms with Crippen molar-refractivity contribution in [3.05, 3.63) is 94.6 Å². The zero-order chi connectivity index (χ0) is 25.9. The zero-order valence-corrected chi connectivity index (χ0v) is 21.0. The van der Waals surface area contributed by atoms with Crippen LogP contribution in [0.15, 0.2) is 60.8 Å². The molecule has 1 aromatic heterocycles. The molecule has 192 valence electrons. The fourth-order valence-corrected chi connectivity index (χ4v) is 5.68. The molecule has 3 aromatic rings. The molecule has 5 rings (SSSR count). The lowest BCUT2D eigenvalue weighted by Gasteiger charge is -2.34. The highest BCUT2D eigenvalue weighted by Gasteiger charge is 2.44. The van der Waals surface area contributed by atoms with Gasteiger partial charge in [-0.05, 0) is 62.6 Å². The molecule has 2 bridgehead atoms. The Morgan fingerprint density at radius 2 is 1.92 bits per heavy atom. The van der Waals surface area contributed by atoms with Gasteiger partial charge in [0.2, 0.25) is 0 Å². The van der Waals surface area contributed by atoms with Crippen LogP contribution >= 0.6 is 0 Å². The number of carbonyl (C=O) groups excluding carboxylic acids is 2. The van der Waals surface area contributed by atoms with Crippen molar-refractivity contribution in [1.82, 2.24) is 20.9 Å². The van der Waals surface area contributed by atoms with E-state index in [4.69, 9.17) is 4.74 Å². The normalized spacial score (nSPS) is 22.4. The average molecular weight is 503 g/mol. The Morgan fingerprint density at radius 3 is 2.65 bits per heavy atom. The highest BCUT2D eigenvalue weighted by atomic mass is 19.1. The third kappa shape index (κ3) is 5.20. The van der Waals surface area contributed by atoms with Crippen molar-refractivity contribution in [1.29, 1.82) is 0 Å². The quantitative estimate of drug-likeness (QED) is 0.458. The topological polar surface area (TPSA) is 92.4 Å². The molecule has 8 heteroatoms. The van der Waals surface area contributed by atoms with E-state index in [1.807, 2.05) is 31.2 Å². The van der Waals surface area contributed by atoms with Crippen LogP contribution in [0.4, 0.5) is 4.39 Å². The molecular formula is C29H31FN4O3. The van der Waals surface area contributed by atoms with Crippen molar-refractivity contribution in [3.8, 4) is 5.75 Å². The predicted molar refractivity (Wildman–Crippen MR) is 138 cm³/mol. The number of carbonyl (C=O) groups is 2. The number of pyridine rings is 1. The molecule has 2 aromatic carbocycles. The minimum Gasteiger partial charge on any atom is -0.496 e. The standard InChI is InChI=1S/C29H31FN4O3/c1-17-22(7-5-9-26(17)37-2)29(36)34-21-12-20-16-32-25(13-21)27(20)24-11-10-19(15-31-24)28(35)33-14-18-6-3-4-8-23(18)30/h3-11,15,20-21,25,27,32H,12-14,16H2,1-2H3,(H,33,35)(H,34,36). The molecule has 1 saturated heterocycles. The first-order valence-corrected chi connectivity index (χ1v) is 12.6. The molecule has 0 spiro atoms. The maximum absolute atomic E-state index is 13.8. The van der Waals surface area contributed by atoms with Crippen LogP contribution < -0.4 is 20.7 Å². The SMILES string of the molecule is COc1cccc(C(=O)NC2CC3CNC(C2)C3c2ccc(C(=O)NCc3ccccc3F)cn2)c1C. The van der Waals surface area contributed by atoms with Crippen molar-refractivity contribution >= 4 is 11.8 Å². The van der Waals surface area contributed by atoms with Gasteiger partial charge in [0.25, 0.3) is 11.8 Å². The Hall–Kier alpha value is -3.78. The molecule has 1 saturated carbocycles. The number of amides is 2. The van der Waals surface area contributed by atoms with Crippen molar-refractivity contribution in [2.24, 2.45) is 5.92 Å².